The van der Waals surface area contributed by atoms with E-state index in [-0.39, 0.29) is 11.2 Å². The van der Waals surface area contributed by atoms with Gasteiger partial charge >= 0.3 is 6.18 Å². The maximum absolute atomic E-state index is 13.7. The summed E-state index contributed by atoms with van der Waals surface area (Å²) in [4.78, 5) is 4.83. The van der Waals surface area contributed by atoms with Crippen LogP contribution in [0, 0.1) is 0 Å². The highest BCUT2D eigenvalue weighted by Gasteiger charge is 2.37. The third-order valence-corrected chi connectivity index (χ3v) is 6.67. The van der Waals surface area contributed by atoms with Gasteiger partial charge in [-0.25, -0.2) is 4.98 Å². The fourth-order valence-corrected chi connectivity index (χ4v) is 4.66. The first-order valence-corrected chi connectivity index (χ1v) is 11.0. The van der Waals surface area contributed by atoms with Gasteiger partial charge in [-0.2, -0.15) is 13.2 Å². The van der Waals surface area contributed by atoms with E-state index in [1.165, 1.54) is 6.07 Å². The molecule has 170 valence electrons. The molecule has 2 aromatic carbocycles. The Labute approximate surface area is 193 Å². The smallest absolute Gasteiger partial charge is 0.321 e. The fraction of sp³-hybridized carbons (Fsp3) is 0.192. The third kappa shape index (κ3) is 3.25. The van der Waals surface area contributed by atoms with Gasteiger partial charge in [0.2, 0.25) is 5.82 Å². The van der Waals surface area contributed by atoms with Crippen LogP contribution in [0.5, 0.6) is 0 Å². The molecule has 34 heavy (non-hydrogen) atoms. The first kappa shape index (κ1) is 20.8. The molecule has 1 fully saturated rings. The first-order valence-electron chi connectivity index (χ1n) is 11.0. The largest absolute Gasteiger partial charge is 0.452 e. The maximum Gasteiger partial charge on any atom is 0.452 e. The van der Waals surface area contributed by atoms with Crippen molar-refractivity contribution in [1.29, 1.82) is 0 Å². The second-order valence-electron chi connectivity index (χ2n) is 8.79. The minimum atomic E-state index is -4.64. The van der Waals surface area contributed by atoms with Crippen LogP contribution in [0.1, 0.15) is 30.7 Å². The Morgan fingerprint density at radius 2 is 1.59 bits per heavy atom. The zero-order valence-electron chi connectivity index (χ0n) is 18.0. The van der Waals surface area contributed by atoms with Crippen molar-refractivity contribution in [3.05, 3.63) is 84.2 Å². The number of hydrogen-bond donors (Lipinski definition) is 1. The minimum Gasteiger partial charge on any atom is -0.321 e. The Bertz CT molecular complexity index is 1520. The lowest BCUT2D eigenvalue weighted by atomic mass is 9.72. The van der Waals surface area contributed by atoms with E-state index in [9.17, 15) is 13.2 Å². The molecule has 1 saturated carbocycles. The normalized spacial score (nSPS) is 15.5. The summed E-state index contributed by atoms with van der Waals surface area (Å²) in [5.41, 5.74) is 11.3. The molecule has 5 aromatic rings. The number of nitrogens with two attached hydrogens (primary N) is 1. The Morgan fingerprint density at radius 1 is 0.853 bits per heavy atom. The number of hydrogen-bond acceptors (Lipinski definition) is 4. The number of pyridine rings is 2. The van der Waals surface area contributed by atoms with Crippen molar-refractivity contribution < 1.29 is 13.2 Å². The maximum atomic E-state index is 13.7. The second-order valence-corrected chi connectivity index (χ2v) is 8.79. The van der Waals surface area contributed by atoms with E-state index in [1.807, 2.05) is 54.6 Å². The molecule has 6 rings (SSSR count). The van der Waals surface area contributed by atoms with Crippen molar-refractivity contribution in [1.82, 2.24) is 19.6 Å². The van der Waals surface area contributed by atoms with E-state index in [1.54, 1.807) is 12.1 Å². The number of rotatable bonds is 3. The summed E-state index contributed by atoms with van der Waals surface area (Å²) in [6, 6.07) is 22.5. The van der Waals surface area contributed by atoms with Gasteiger partial charge in [0.25, 0.3) is 0 Å². The summed E-state index contributed by atoms with van der Waals surface area (Å²) in [5.74, 6) is -1.07. The average molecular weight is 459 g/mol. The molecule has 0 atom stereocenters. The molecule has 0 unspecified atom stereocenters. The molecule has 3 aromatic heterocycles. The van der Waals surface area contributed by atoms with Crippen LogP contribution in [-0.2, 0) is 11.7 Å². The molecule has 1 aliphatic carbocycles. The van der Waals surface area contributed by atoms with Crippen LogP contribution in [0.3, 0.4) is 0 Å². The molecule has 5 nitrogen and oxygen atoms in total. The summed E-state index contributed by atoms with van der Waals surface area (Å²) in [6.07, 6.45) is -1.59. The van der Waals surface area contributed by atoms with E-state index >= 15 is 0 Å². The second kappa shape index (κ2) is 7.36. The van der Waals surface area contributed by atoms with Crippen LogP contribution in [0.2, 0.25) is 0 Å². The van der Waals surface area contributed by atoms with Gasteiger partial charge in [0.15, 0.2) is 5.65 Å². The van der Waals surface area contributed by atoms with Crippen LogP contribution < -0.4 is 5.73 Å². The molecule has 1 aliphatic rings. The molecule has 0 amide bonds. The van der Waals surface area contributed by atoms with E-state index < -0.39 is 12.0 Å². The predicted molar refractivity (Wildman–Crippen MR) is 124 cm³/mol. The quantitative estimate of drug-likeness (QED) is 0.361. The lowest BCUT2D eigenvalue weighted by Crippen LogP contribution is -2.43. The minimum absolute atomic E-state index is 0.117. The van der Waals surface area contributed by atoms with Gasteiger partial charge in [0.05, 0.1) is 16.7 Å². The highest BCUT2D eigenvalue weighted by atomic mass is 19.4. The molecule has 0 bridgehead atoms. The fourth-order valence-electron chi connectivity index (χ4n) is 4.66. The molecular weight excluding hydrogens is 439 g/mol. The lowest BCUT2D eigenvalue weighted by Gasteiger charge is -2.38. The molecule has 3 heterocycles. The van der Waals surface area contributed by atoms with Gasteiger partial charge in [-0.05, 0) is 48.6 Å². The van der Waals surface area contributed by atoms with Crippen molar-refractivity contribution >= 4 is 16.7 Å². The first-order chi connectivity index (χ1) is 16.3. The zero-order chi connectivity index (χ0) is 23.5. The van der Waals surface area contributed by atoms with Crippen LogP contribution >= 0.6 is 0 Å². The average Bonchev–Trinajstić information content (AvgIpc) is 3.28. The van der Waals surface area contributed by atoms with Crippen LogP contribution in [0.15, 0.2) is 72.8 Å². The topological polar surface area (TPSA) is 69.1 Å². The SMILES string of the molecule is NC1(c2ccc(-c3nc4ccc5nnc(C(F)(F)F)n5c4cc3-c3ccccc3)cc2)CCC1. The van der Waals surface area contributed by atoms with Crippen LogP contribution in [0.4, 0.5) is 13.2 Å². The molecule has 0 aliphatic heterocycles. The molecule has 0 saturated heterocycles. The number of fused-ring (bicyclic) bond motifs is 3. The number of nitrogens with zero attached hydrogens (tertiary/aromatic N) is 4. The summed E-state index contributed by atoms with van der Waals surface area (Å²) >= 11 is 0. The zero-order valence-corrected chi connectivity index (χ0v) is 18.0. The van der Waals surface area contributed by atoms with Gasteiger partial charge in [-0.3, -0.25) is 4.40 Å². The van der Waals surface area contributed by atoms with Crippen molar-refractivity contribution in [3.8, 4) is 22.4 Å². The van der Waals surface area contributed by atoms with Gasteiger partial charge < -0.3 is 5.73 Å². The number of alkyl halides is 3. The molecule has 0 radical (unpaired) electrons. The molecular formula is C26H20F3N5. The number of aromatic nitrogens is 4. The summed E-state index contributed by atoms with van der Waals surface area (Å²) < 4.78 is 42.0. The van der Waals surface area contributed by atoms with Crippen LogP contribution in [-0.4, -0.2) is 19.6 Å². The van der Waals surface area contributed by atoms with E-state index in [0.717, 1.165) is 45.9 Å². The van der Waals surface area contributed by atoms with Crippen LogP contribution in [0.25, 0.3) is 39.1 Å². The third-order valence-electron chi connectivity index (χ3n) is 6.67. The standard InChI is InChI=1S/C26H20F3N5/c27-26(28,29)24-33-32-22-12-11-20-21(34(22)24)15-19(16-5-2-1-3-6-16)23(31-20)17-7-9-18(10-8-17)25(30)13-4-14-25/h1-3,5-12,15H,4,13-14,30H2. The highest BCUT2D eigenvalue weighted by Crippen LogP contribution is 2.40. The molecule has 2 N–H and O–H groups in total. The van der Waals surface area contributed by atoms with Crippen molar-refractivity contribution in [3.63, 3.8) is 0 Å². The van der Waals surface area contributed by atoms with E-state index in [2.05, 4.69) is 10.2 Å². The summed E-state index contributed by atoms with van der Waals surface area (Å²) in [6.45, 7) is 0. The van der Waals surface area contributed by atoms with E-state index in [4.69, 9.17) is 10.7 Å². The van der Waals surface area contributed by atoms with Gasteiger partial charge in [-0.1, -0.05) is 54.6 Å². The Hall–Kier alpha value is -3.78. The van der Waals surface area contributed by atoms with Crippen molar-refractivity contribution in [2.24, 2.45) is 5.73 Å². The van der Waals surface area contributed by atoms with E-state index in [0.29, 0.717) is 16.7 Å². The number of halogens is 3. The summed E-state index contributed by atoms with van der Waals surface area (Å²) in [7, 11) is 0. The Kier molecular flexibility index (Phi) is 4.50. The van der Waals surface area contributed by atoms with Gasteiger partial charge in [0, 0.05) is 16.7 Å². The monoisotopic (exact) mass is 459 g/mol. The number of benzene rings is 2. The van der Waals surface area contributed by atoms with Gasteiger partial charge in [0.1, 0.15) is 0 Å². The van der Waals surface area contributed by atoms with Crippen molar-refractivity contribution in [2.75, 3.05) is 0 Å². The highest BCUT2D eigenvalue weighted by molar-refractivity contribution is 5.91. The summed E-state index contributed by atoms with van der Waals surface area (Å²) in [5, 5.41) is 7.11. The van der Waals surface area contributed by atoms with Gasteiger partial charge in [-0.15, -0.1) is 10.2 Å². The Morgan fingerprint density at radius 3 is 2.24 bits per heavy atom. The van der Waals surface area contributed by atoms with Crippen molar-refractivity contribution in [2.45, 2.75) is 31.0 Å². The molecule has 8 heteroatoms. The Balaban J connectivity index is 1.60. The lowest BCUT2D eigenvalue weighted by molar-refractivity contribution is -0.145. The molecule has 0 spiro atoms. The predicted octanol–water partition coefficient (Wildman–Crippen LogP) is 5.97.